The van der Waals surface area contributed by atoms with Crippen LogP contribution in [0.2, 0.25) is 5.02 Å². The summed E-state index contributed by atoms with van der Waals surface area (Å²) in [5, 5.41) is 7.64. The lowest BCUT2D eigenvalue weighted by Crippen LogP contribution is -2.12. The van der Waals surface area contributed by atoms with E-state index in [-0.39, 0.29) is 11.3 Å². The van der Waals surface area contributed by atoms with Crippen molar-refractivity contribution >= 4 is 28.9 Å². The van der Waals surface area contributed by atoms with Crippen LogP contribution in [0.5, 0.6) is 0 Å². The lowest BCUT2D eigenvalue weighted by molar-refractivity contribution is 0.102. The van der Waals surface area contributed by atoms with Gasteiger partial charge in [0.2, 0.25) is 0 Å². The van der Waals surface area contributed by atoms with Gasteiger partial charge in [0.05, 0.1) is 10.7 Å². The summed E-state index contributed by atoms with van der Waals surface area (Å²) in [4.78, 5) is 22.5. The second-order valence-electron chi connectivity index (χ2n) is 3.36. The van der Waals surface area contributed by atoms with Crippen molar-refractivity contribution < 1.29 is 4.79 Å². The van der Waals surface area contributed by atoms with Crippen molar-refractivity contribution in [2.75, 3.05) is 11.1 Å². The summed E-state index contributed by atoms with van der Waals surface area (Å²) in [6.07, 6.45) is 0. The molecule has 88 valence electrons. The molecule has 0 atom stereocenters. The number of hydrogen-bond acceptors (Lipinski definition) is 3. The molecule has 0 saturated heterocycles. The molecule has 0 aliphatic rings. The maximum absolute atomic E-state index is 11.6. The van der Waals surface area contributed by atoms with Gasteiger partial charge in [-0.25, -0.2) is 0 Å². The number of anilines is 2. The predicted molar refractivity (Wildman–Crippen MR) is 65.2 cm³/mol. The van der Waals surface area contributed by atoms with E-state index in [0.29, 0.717) is 16.4 Å². The van der Waals surface area contributed by atoms with Crippen molar-refractivity contribution in [3.63, 3.8) is 0 Å². The van der Waals surface area contributed by atoms with Crippen LogP contribution in [0.3, 0.4) is 0 Å². The number of benzene rings is 1. The highest BCUT2D eigenvalue weighted by Gasteiger charge is 2.08. The first kappa shape index (κ1) is 11.3. The molecule has 1 heterocycles. The van der Waals surface area contributed by atoms with E-state index in [1.165, 1.54) is 6.07 Å². The summed E-state index contributed by atoms with van der Waals surface area (Å²) < 4.78 is 0. The molecule has 17 heavy (non-hydrogen) atoms. The number of aromatic amines is 2. The lowest BCUT2D eigenvalue weighted by Gasteiger charge is -2.05. The Bertz CT molecular complexity index is 617. The van der Waals surface area contributed by atoms with Gasteiger partial charge in [-0.15, -0.1) is 0 Å². The largest absolute Gasteiger partial charge is 0.398 e. The average molecular weight is 253 g/mol. The highest BCUT2D eigenvalue weighted by atomic mass is 35.5. The van der Waals surface area contributed by atoms with Crippen molar-refractivity contribution in [2.45, 2.75) is 0 Å². The minimum Gasteiger partial charge on any atom is -0.398 e. The molecule has 0 aliphatic heterocycles. The number of hydrogen-bond donors (Lipinski definition) is 4. The summed E-state index contributed by atoms with van der Waals surface area (Å²) in [5.74, 6) is -0.441. The summed E-state index contributed by atoms with van der Waals surface area (Å²) in [5.41, 5.74) is 6.24. The smallest absolute Gasteiger partial charge is 0.273 e. The molecule has 7 heteroatoms. The predicted octanol–water partition coefficient (Wildman–Crippen LogP) is 1.19. The summed E-state index contributed by atoms with van der Waals surface area (Å²) in [6.45, 7) is 0. The molecule has 0 fully saturated rings. The molecule has 6 nitrogen and oxygen atoms in total. The van der Waals surface area contributed by atoms with Gasteiger partial charge in [-0.2, -0.15) is 0 Å². The zero-order valence-corrected chi connectivity index (χ0v) is 9.34. The van der Waals surface area contributed by atoms with Crippen LogP contribution in [0.1, 0.15) is 10.5 Å². The average Bonchev–Trinajstić information content (AvgIpc) is 2.70. The van der Waals surface area contributed by atoms with Gasteiger partial charge in [-0.3, -0.25) is 19.8 Å². The molecule has 0 bridgehead atoms. The second-order valence-corrected chi connectivity index (χ2v) is 3.77. The standard InChI is InChI=1S/C10H9ClN4O2/c11-6-3-5(1-2-7(6)12)13-10(17)8-4-9(16)15-14-8/h1-4H,12H2,(H,13,17)(H2,14,15,16). The van der Waals surface area contributed by atoms with E-state index in [1.54, 1.807) is 12.1 Å². The van der Waals surface area contributed by atoms with Crippen molar-refractivity contribution in [3.8, 4) is 0 Å². The lowest BCUT2D eigenvalue weighted by atomic mass is 10.2. The maximum Gasteiger partial charge on any atom is 0.273 e. The minimum atomic E-state index is -0.441. The van der Waals surface area contributed by atoms with E-state index in [4.69, 9.17) is 17.3 Å². The van der Waals surface area contributed by atoms with Crippen LogP contribution in [0.4, 0.5) is 11.4 Å². The van der Waals surface area contributed by atoms with Crippen molar-refractivity contribution in [1.82, 2.24) is 10.2 Å². The fourth-order valence-electron chi connectivity index (χ4n) is 1.26. The highest BCUT2D eigenvalue weighted by molar-refractivity contribution is 6.33. The zero-order chi connectivity index (χ0) is 12.4. The zero-order valence-electron chi connectivity index (χ0n) is 8.58. The third-order valence-electron chi connectivity index (χ3n) is 2.10. The van der Waals surface area contributed by atoms with Crippen LogP contribution in [-0.4, -0.2) is 16.1 Å². The third kappa shape index (κ3) is 2.48. The minimum absolute atomic E-state index is 0.142. The Morgan fingerprint density at radius 2 is 2.06 bits per heavy atom. The number of nitrogen functional groups attached to an aromatic ring is 1. The first-order valence-electron chi connectivity index (χ1n) is 4.70. The van der Waals surface area contributed by atoms with Crippen molar-refractivity contribution in [1.29, 1.82) is 0 Å². The van der Waals surface area contributed by atoms with Gasteiger partial charge in [0, 0.05) is 11.8 Å². The number of nitrogens with two attached hydrogens (primary N) is 1. The molecule has 5 N–H and O–H groups in total. The molecule has 1 aromatic heterocycles. The number of carbonyl (C=O) groups excluding carboxylic acids is 1. The highest BCUT2D eigenvalue weighted by Crippen LogP contribution is 2.22. The van der Waals surface area contributed by atoms with Gasteiger partial charge in [-0.05, 0) is 18.2 Å². The normalized spacial score (nSPS) is 10.2. The van der Waals surface area contributed by atoms with E-state index in [1.807, 2.05) is 0 Å². The Labute approximate surface area is 101 Å². The number of rotatable bonds is 2. The van der Waals surface area contributed by atoms with Crippen molar-refractivity contribution in [3.05, 3.63) is 45.3 Å². The Balaban J connectivity index is 2.18. The molecule has 0 saturated carbocycles. The quantitative estimate of drug-likeness (QED) is 0.604. The Morgan fingerprint density at radius 3 is 2.65 bits per heavy atom. The Morgan fingerprint density at radius 1 is 1.29 bits per heavy atom. The fourth-order valence-corrected chi connectivity index (χ4v) is 1.44. The van der Waals surface area contributed by atoms with Gasteiger partial charge >= 0.3 is 0 Å². The molecule has 2 aromatic rings. The molecule has 0 unspecified atom stereocenters. The number of H-pyrrole nitrogens is 2. The summed E-state index contributed by atoms with van der Waals surface area (Å²) in [6, 6.07) is 5.88. The van der Waals surface area contributed by atoms with Gasteiger partial charge in [0.25, 0.3) is 11.5 Å². The van der Waals surface area contributed by atoms with E-state index in [2.05, 4.69) is 15.5 Å². The van der Waals surface area contributed by atoms with Gasteiger partial charge < -0.3 is 11.1 Å². The van der Waals surface area contributed by atoms with Gasteiger partial charge in [0.1, 0.15) is 5.69 Å². The molecule has 0 aliphatic carbocycles. The van der Waals surface area contributed by atoms with E-state index in [0.717, 1.165) is 6.07 Å². The molecular weight excluding hydrogens is 244 g/mol. The van der Waals surface area contributed by atoms with E-state index < -0.39 is 5.91 Å². The summed E-state index contributed by atoms with van der Waals surface area (Å²) in [7, 11) is 0. The topological polar surface area (TPSA) is 104 Å². The number of carbonyl (C=O) groups is 1. The Hall–Kier alpha value is -2.21. The molecule has 2 rings (SSSR count). The van der Waals surface area contributed by atoms with Crippen LogP contribution < -0.4 is 16.6 Å². The van der Waals surface area contributed by atoms with Gasteiger partial charge in [-0.1, -0.05) is 11.6 Å². The SMILES string of the molecule is Nc1ccc(NC(=O)c2cc(=O)[nH][nH]2)cc1Cl. The number of amides is 1. The van der Waals surface area contributed by atoms with E-state index >= 15 is 0 Å². The molecule has 0 radical (unpaired) electrons. The second kappa shape index (κ2) is 4.34. The molecule has 1 aromatic carbocycles. The van der Waals surface area contributed by atoms with Crippen LogP contribution >= 0.6 is 11.6 Å². The van der Waals surface area contributed by atoms with E-state index in [9.17, 15) is 9.59 Å². The third-order valence-corrected chi connectivity index (χ3v) is 2.43. The summed E-state index contributed by atoms with van der Waals surface area (Å²) >= 11 is 5.81. The maximum atomic E-state index is 11.6. The molecule has 1 amide bonds. The van der Waals surface area contributed by atoms with Crippen LogP contribution in [0, 0.1) is 0 Å². The first-order chi connectivity index (χ1) is 8.06. The van der Waals surface area contributed by atoms with Crippen LogP contribution in [0.25, 0.3) is 0 Å². The first-order valence-corrected chi connectivity index (χ1v) is 5.08. The Kier molecular flexibility index (Phi) is 2.88. The fraction of sp³-hybridized carbons (Fsp3) is 0. The van der Waals surface area contributed by atoms with Crippen molar-refractivity contribution in [2.24, 2.45) is 0 Å². The number of nitrogens with one attached hydrogen (secondary N) is 3. The van der Waals surface area contributed by atoms with Crippen LogP contribution in [0.15, 0.2) is 29.1 Å². The van der Waals surface area contributed by atoms with Crippen LogP contribution in [-0.2, 0) is 0 Å². The monoisotopic (exact) mass is 252 g/mol. The van der Waals surface area contributed by atoms with Gasteiger partial charge in [0.15, 0.2) is 0 Å². The molecular formula is C10H9ClN4O2. The number of halogens is 1. The number of aromatic nitrogens is 2. The molecule has 0 spiro atoms.